The number of anilines is 1. The second-order valence-corrected chi connectivity index (χ2v) is 8.09. The van der Waals surface area contributed by atoms with Gasteiger partial charge in [0.1, 0.15) is 0 Å². The number of imidazole rings is 1. The molecule has 0 aliphatic rings. The molecule has 30 heavy (non-hydrogen) atoms. The van der Waals surface area contributed by atoms with Crippen molar-refractivity contribution in [2.75, 3.05) is 5.32 Å². The Kier molecular flexibility index (Phi) is 5.66. The number of nitrogens with zero attached hydrogens (tertiary/aromatic N) is 4. The van der Waals surface area contributed by atoms with Crippen LogP contribution in [0.3, 0.4) is 0 Å². The fraction of sp³-hybridized carbons (Fsp3) is 0.250. The molecule has 0 aliphatic carbocycles. The van der Waals surface area contributed by atoms with E-state index < -0.39 is 5.25 Å². The van der Waals surface area contributed by atoms with Crippen molar-refractivity contribution < 1.29 is 4.79 Å². The number of hydrogen-bond donors (Lipinski definition) is 3. The van der Waals surface area contributed by atoms with E-state index in [2.05, 4.69) is 37.4 Å². The summed E-state index contributed by atoms with van der Waals surface area (Å²) in [6.07, 6.45) is 4.36. The predicted octanol–water partition coefficient (Wildman–Crippen LogP) is 3.04. The summed E-state index contributed by atoms with van der Waals surface area (Å²) in [7, 11) is 0. The van der Waals surface area contributed by atoms with Gasteiger partial charge in [-0.2, -0.15) is 0 Å². The molecule has 0 radical (unpaired) electrons. The van der Waals surface area contributed by atoms with E-state index in [-0.39, 0.29) is 11.6 Å². The lowest BCUT2D eigenvalue weighted by Gasteiger charge is -2.13. The minimum atomic E-state index is -0.393. The van der Waals surface area contributed by atoms with Crippen molar-refractivity contribution in [2.24, 2.45) is 0 Å². The molecule has 3 heterocycles. The summed E-state index contributed by atoms with van der Waals surface area (Å²) in [6, 6.07) is 9.01. The predicted molar refractivity (Wildman–Crippen MR) is 116 cm³/mol. The summed E-state index contributed by atoms with van der Waals surface area (Å²) in [5.41, 5.74) is 2.60. The standard InChI is InChI=1S/C20H21N7O2S/c1-3-10-27-17(13-6-8-21-9-7-13)25-26-20(27)30-12(2)18(28)22-14-4-5-15-16(11-14)24-19(29)23-15/h4-9,11-12H,3,10H2,1-2H3,(H,22,28)(H2,23,24,29). The van der Waals surface area contributed by atoms with Crippen molar-refractivity contribution in [1.29, 1.82) is 0 Å². The molecule has 0 saturated carbocycles. The van der Waals surface area contributed by atoms with Crippen LogP contribution in [0.4, 0.5) is 5.69 Å². The number of thioether (sulfide) groups is 1. The molecule has 4 rings (SSSR count). The minimum Gasteiger partial charge on any atom is -0.325 e. The monoisotopic (exact) mass is 423 g/mol. The highest BCUT2D eigenvalue weighted by Gasteiger charge is 2.21. The normalized spacial score (nSPS) is 12.2. The number of carbonyl (C=O) groups is 1. The summed E-state index contributed by atoms with van der Waals surface area (Å²) in [6.45, 7) is 4.66. The van der Waals surface area contributed by atoms with Crippen LogP contribution in [-0.4, -0.2) is 40.9 Å². The molecule has 154 valence electrons. The Hall–Kier alpha value is -3.40. The van der Waals surface area contributed by atoms with E-state index in [9.17, 15) is 9.59 Å². The highest BCUT2D eigenvalue weighted by Crippen LogP contribution is 2.27. The van der Waals surface area contributed by atoms with Gasteiger partial charge in [0.05, 0.1) is 16.3 Å². The quantitative estimate of drug-likeness (QED) is 0.393. The van der Waals surface area contributed by atoms with E-state index in [1.165, 1.54) is 11.8 Å². The summed E-state index contributed by atoms with van der Waals surface area (Å²) < 4.78 is 2.03. The fourth-order valence-corrected chi connectivity index (χ4v) is 3.96. The Morgan fingerprint density at radius 1 is 1.17 bits per heavy atom. The number of nitrogens with one attached hydrogen (secondary N) is 3. The van der Waals surface area contributed by atoms with Gasteiger partial charge in [0.25, 0.3) is 0 Å². The van der Waals surface area contributed by atoms with Gasteiger partial charge in [-0.05, 0) is 43.7 Å². The van der Waals surface area contributed by atoms with Crippen molar-refractivity contribution in [2.45, 2.75) is 37.2 Å². The zero-order chi connectivity index (χ0) is 21.1. The number of aromatic nitrogens is 6. The third-order valence-corrected chi connectivity index (χ3v) is 5.62. The zero-order valence-electron chi connectivity index (χ0n) is 16.5. The van der Waals surface area contributed by atoms with E-state index in [0.717, 1.165) is 24.4 Å². The number of benzene rings is 1. The molecule has 1 aromatic carbocycles. The molecule has 1 atom stereocenters. The van der Waals surface area contributed by atoms with Crippen molar-refractivity contribution in [3.8, 4) is 11.4 Å². The third kappa shape index (κ3) is 4.13. The molecule has 4 aromatic rings. The van der Waals surface area contributed by atoms with Crippen LogP contribution in [0.15, 0.2) is 52.7 Å². The zero-order valence-corrected chi connectivity index (χ0v) is 17.4. The molecule has 3 aromatic heterocycles. The highest BCUT2D eigenvalue weighted by atomic mass is 32.2. The molecule has 0 aliphatic heterocycles. The first-order valence-electron chi connectivity index (χ1n) is 9.58. The van der Waals surface area contributed by atoms with Gasteiger partial charge < -0.3 is 19.9 Å². The van der Waals surface area contributed by atoms with Gasteiger partial charge >= 0.3 is 5.69 Å². The second-order valence-electron chi connectivity index (χ2n) is 6.78. The van der Waals surface area contributed by atoms with E-state index in [0.29, 0.717) is 21.9 Å². The molecular weight excluding hydrogens is 402 g/mol. The Morgan fingerprint density at radius 2 is 1.93 bits per heavy atom. The lowest BCUT2D eigenvalue weighted by molar-refractivity contribution is -0.115. The molecule has 0 spiro atoms. The summed E-state index contributed by atoms with van der Waals surface area (Å²) in [5, 5.41) is 11.8. The van der Waals surface area contributed by atoms with Crippen LogP contribution in [-0.2, 0) is 11.3 Å². The number of rotatable bonds is 7. The molecule has 0 fully saturated rings. The van der Waals surface area contributed by atoms with Crippen molar-refractivity contribution >= 4 is 34.4 Å². The van der Waals surface area contributed by atoms with Gasteiger partial charge in [-0.1, -0.05) is 18.7 Å². The molecule has 1 amide bonds. The van der Waals surface area contributed by atoms with Crippen LogP contribution >= 0.6 is 11.8 Å². The number of carbonyl (C=O) groups excluding carboxylic acids is 1. The molecule has 0 saturated heterocycles. The largest absolute Gasteiger partial charge is 0.325 e. The number of H-pyrrole nitrogens is 2. The Morgan fingerprint density at radius 3 is 2.70 bits per heavy atom. The van der Waals surface area contributed by atoms with Crippen LogP contribution < -0.4 is 11.0 Å². The van der Waals surface area contributed by atoms with Gasteiger partial charge in [0.2, 0.25) is 5.91 Å². The number of pyridine rings is 1. The number of aromatic amines is 2. The van der Waals surface area contributed by atoms with E-state index >= 15 is 0 Å². The first-order valence-corrected chi connectivity index (χ1v) is 10.5. The molecule has 1 unspecified atom stereocenters. The Balaban J connectivity index is 1.51. The molecule has 10 heteroatoms. The lowest BCUT2D eigenvalue weighted by Crippen LogP contribution is -2.23. The molecule has 3 N–H and O–H groups in total. The van der Waals surface area contributed by atoms with E-state index in [4.69, 9.17) is 0 Å². The number of fused-ring (bicyclic) bond motifs is 1. The lowest BCUT2D eigenvalue weighted by atomic mass is 10.2. The topological polar surface area (TPSA) is 121 Å². The van der Waals surface area contributed by atoms with Crippen molar-refractivity contribution in [3.05, 3.63) is 53.2 Å². The SMILES string of the molecule is CCCn1c(SC(C)C(=O)Nc2ccc3[nH]c(=O)[nH]c3c2)nnc1-c1ccncc1. The van der Waals surface area contributed by atoms with Crippen molar-refractivity contribution in [1.82, 2.24) is 29.7 Å². The maximum atomic E-state index is 12.7. The maximum Gasteiger partial charge on any atom is 0.323 e. The fourth-order valence-electron chi connectivity index (χ4n) is 3.08. The maximum absolute atomic E-state index is 12.7. The molecular formula is C20H21N7O2S. The van der Waals surface area contributed by atoms with Crippen LogP contribution in [0.1, 0.15) is 20.3 Å². The Bertz CT molecular complexity index is 1230. The summed E-state index contributed by atoms with van der Waals surface area (Å²) in [5.74, 6) is 0.602. The Labute approximate surface area is 176 Å². The van der Waals surface area contributed by atoms with Gasteiger partial charge in [0.15, 0.2) is 11.0 Å². The minimum absolute atomic E-state index is 0.159. The van der Waals surface area contributed by atoms with Gasteiger partial charge in [-0.15, -0.1) is 10.2 Å². The highest BCUT2D eigenvalue weighted by molar-refractivity contribution is 8.00. The van der Waals surface area contributed by atoms with Gasteiger partial charge in [-0.25, -0.2) is 4.79 Å². The van der Waals surface area contributed by atoms with E-state index in [1.807, 2.05) is 23.6 Å². The van der Waals surface area contributed by atoms with E-state index in [1.54, 1.807) is 30.6 Å². The average Bonchev–Trinajstić information content (AvgIpc) is 3.31. The van der Waals surface area contributed by atoms with Gasteiger partial charge in [0, 0.05) is 30.2 Å². The molecule has 9 nitrogen and oxygen atoms in total. The second kappa shape index (κ2) is 8.54. The first-order chi connectivity index (χ1) is 14.5. The van der Waals surface area contributed by atoms with Crippen LogP contribution in [0.5, 0.6) is 0 Å². The van der Waals surface area contributed by atoms with Crippen LogP contribution in [0, 0.1) is 0 Å². The number of amides is 1. The van der Waals surface area contributed by atoms with Gasteiger partial charge in [-0.3, -0.25) is 9.78 Å². The summed E-state index contributed by atoms with van der Waals surface area (Å²) in [4.78, 5) is 33.5. The van der Waals surface area contributed by atoms with Crippen LogP contribution in [0.25, 0.3) is 22.4 Å². The third-order valence-electron chi connectivity index (χ3n) is 4.54. The molecule has 0 bridgehead atoms. The smallest absolute Gasteiger partial charge is 0.323 e. The average molecular weight is 424 g/mol. The van der Waals surface area contributed by atoms with Crippen LogP contribution in [0.2, 0.25) is 0 Å². The first kappa shape index (κ1) is 19.9. The van der Waals surface area contributed by atoms with Crippen molar-refractivity contribution in [3.63, 3.8) is 0 Å². The number of hydrogen-bond acceptors (Lipinski definition) is 6. The summed E-state index contributed by atoms with van der Waals surface area (Å²) >= 11 is 1.36.